The van der Waals surface area contributed by atoms with Gasteiger partial charge in [0.15, 0.2) is 0 Å². The van der Waals surface area contributed by atoms with Crippen molar-refractivity contribution in [1.82, 2.24) is 15.5 Å². The highest BCUT2D eigenvalue weighted by atomic mass is 32.2. The Kier molecular flexibility index (Phi) is 7.93. The van der Waals surface area contributed by atoms with E-state index >= 15 is 0 Å². The number of sulfonamides is 1. The summed E-state index contributed by atoms with van der Waals surface area (Å²) in [5, 5.41) is 5.76. The van der Waals surface area contributed by atoms with Gasteiger partial charge in [0.05, 0.1) is 22.8 Å². The van der Waals surface area contributed by atoms with Crippen LogP contribution < -0.4 is 20.3 Å². The molecule has 1 fully saturated rings. The fraction of sp³-hybridized carbons (Fsp3) is 0.391. The maximum Gasteiger partial charge on any atom is 0.261 e. The van der Waals surface area contributed by atoms with Crippen LogP contribution in [-0.2, 0) is 21.2 Å². The van der Waals surface area contributed by atoms with Crippen molar-refractivity contribution < 1.29 is 18.0 Å². The van der Waals surface area contributed by atoms with Crippen LogP contribution in [0.3, 0.4) is 0 Å². The molecular formula is C23H31N5O4S. The van der Waals surface area contributed by atoms with E-state index in [1.165, 1.54) is 25.1 Å². The van der Waals surface area contributed by atoms with Crippen LogP contribution in [-0.4, -0.2) is 72.0 Å². The van der Waals surface area contributed by atoms with Crippen LogP contribution in [0.4, 0.5) is 11.4 Å². The van der Waals surface area contributed by atoms with E-state index in [2.05, 4.69) is 20.3 Å². The lowest BCUT2D eigenvalue weighted by Crippen LogP contribution is -2.44. The highest BCUT2D eigenvalue weighted by molar-refractivity contribution is 7.92. The Morgan fingerprint density at radius 2 is 1.76 bits per heavy atom. The number of hydrogen-bond donors (Lipinski definition) is 3. The summed E-state index contributed by atoms with van der Waals surface area (Å²) in [6, 6.07) is 11.7. The molecule has 0 saturated carbocycles. The number of amides is 2. The third-order valence-electron chi connectivity index (χ3n) is 5.59. The van der Waals surface area contributed by atoms with Crippen LogP contribution in [0, 0.1) is 0 Å². The number of benzene rings is 2. The summed E-state index contributed by atoms with van der Waals surface area (Å²) in [4.78, 5) is 28.1. The van der Waals surface area contributed by atoms with E-state index in [1.54, 1.807) is 36.4 Å². The van der Waals surface area contributed by atoms with Crippen LogP contribution in [0.5, 0.6) is 0 Å². The van der Waals surface area contributed by atoms with Crippen molar-refractivity contribution in [3.05, 3.63) is 53.6 Å². The Balaban J connectivity index is 1.95. The van der Waals surface area contributed by atoms with Gasteiger partial charge in [-0.25, -0.2) is 8.42 Å². The molecule has 1 saturated heterocycles. The van der Waals surface area contributed by atoms with Gasteiger partial charge >= 0.3 is 0 Å². The van der Waals surface area contributed by atoms with E-state index in [9.17, 15) is 18.0 Å². The molecule has 10 heteroatoms. The minimum Gasteiger partial charge on any atom is -0.367 e. The first-order chi connectivity index (χ1) is 15.7. The summed E-state index contributed by atoms with van der Waals surface area (Å²) >= 11 is 0. The largest absolute Gasteiger partial charge is 0.367 e. The van der Waals surface area contributed by atoms with Gasteiger partial charge in [0, 0.05) is 45.8 Å². The van der Waals surface area contributed by atoms with E-state index in [-0.39, 0.29) is 23.3 Å². The topological polar surface area (TPSA) is 111 Å². The molecule has 1 aliphatic heterocycles. The maximum absolute atomic E-state index is 13.1. The van der Waals surface area contributed by atoms with Crippen molar-refractivity contribution in [2.24, 2.45) is 0 Å². The number of piperazine rings is 1. The van der Waals surface area contributed by atoms with Gasteiger partial charge in [-0.15, -0.1) is 0 Å². The molecule has 0 unspecified atom stereocenters. The molecule has 2 aromatic carbocycles. The second kappa shape index (κ2) is 10.7. The minimum atomic E-state index is -3.87. The molecule has 0 atom stereocenters. The van der Waals surface area contributed by atoms with E-state index in [0.717, 1.165) is 25.1 Å². The van der Waals surface area contributed by atoms with Gasteiger partial charge in [-0.1, -0.05) is 19.1 Å². The van der Waals surface area contributed by atoms with Crippen molar-refractivity contribution >= 4 is 33.2 Å². The van der Waals surface area contributed by atoms with Gasteiger partial charge in [0.1, 0.15) is 0 Å². The van der Waals surface area contributed by atoms with Crippen molar-refractivity contribution in [2.75, 3.05) is 56.4 Å². The maximum atomic E-state index is 13.1. The first-order valence-corrected chi connectivity index (χ1v) is 12.4. The highest BCUT2D eigenvalue weighted by Crippen LogP contribution is 2.30. The fourth-order valence-electron chi connectivity index (χ4n) is 3.63. The number of carbonyl (C=O) groups excluding carboxylic acids is 2. The Hall–Kier alpha value is -3.11. The first kappa shape index (κ1) is 24.5. The lowest BCUT2D eigenvalue weighted by molar-refractivity contribution is -0.121. The zero-order chi connectivity index (χ0) is 24.0. The van der Waals surface area contributed by atoms with Gasteiger partial charge in [0.25, 0.3) is 15.9 Å². The number of nitrogens with zero attached hydrogens (tertiary/aromatic N) is 2. The Labute approximate surface area is 195 Å². The Bertz CT molecular complexity index is 1100. The van der Waals surface area contributed by atoms with Crippen LogP contribution in [0.25, 0.3) is 0 Å². The van der Waals surface area contributed by atoms with E-state index < -0.39 is 10.0 Å². The van der Waals surface area contributed by atoms with Gasteiger partial charge in [0.2, 0.25) is 5.91 Å². The number of hydrogen-bond acceptors (Lipinski definition) is 6. The highest BCUT2D eigenvalue weighted by Gasteiger charge is 2.22. The van der Waals surface area contributed by atoms with Crippen molar-refractivity contribution in [1.29, 1.82) is 0 Å². The Morgan fingerprint density at radius 3 is 2.36 bits per heavy atom. The third-order valence-corrected chi connectivity index (χ3v) is 6.98. The molecule has 1 aliphatic rings. The molecule has 9 nitrogen and oxygen atoms in total. The summed E-state index contributed by atoms with van der Waals surface area (Å²) < 4.78 is 29.0. The molecule has 2 amide bonds. The van der Waals surface area contributed by atoms with Crippen LogP contribution in [0.1, 0.15) is 22.8 Å². The monoisotopic (exact) mass is 473 g/mol. The van der Waals surface area contributed by atoms with Gasteiger partial charge in [-0.05, 0) is 42.3 Å². The molecule has 0 aromatic heterocycles. The van der Waals surface area contributed by atoms with E-state index in [1.807, 2.05) is 6.92 Å². The van der Waals surface area contributed by atoms with E-state index in [4.69, 9.17) is 0 Å². The number of anilines is 2. The zero-order valence-electron chi connectivity index (χ0n) is 19.2. The first-order valence-electron chi connectivity index (χ1n) is 10.9. The molecule has 0 aliphatic carbocycles. The average molecular weight is 474 g/mol. The molecule has 0 bridgehead atoms. The molecule has 2 aromatic rings. The summed E-state index contributed by atoms with van der Waals surface area (Å²) in [5.74, 6) is -0.669. The van der Waals surface area contributed by atoms with Crippen molar-refractivity contribution in [2.45, 2.75) is 18.2 Å². The lowest BCUT2D eigenvalue weighted by atomic mass is 10.1. The predicted molar refractivity (Wildman–Crippen MR) is 129 cm³/mol. The Morgan fingerprint density at radius 1 is 1.09 bits per heavy atom. The van der Waals surface area contributed by atoms with Gasteiger partial charge in [-0.2, -0.15) is 0 Å². The molecule has 0 radical (unpaired) electrons. The summed E-state index contributed by atoms with van der Waals surface area (Å²) in [6.07, 6.45) is 0.814. The molecule has 1 heterocycles. The van der Waals surface area contributed by atoms with Crippen LogP contribution >= 0.6 is 0 Å². The summed E-state index contributed by atoms with van der Waals surface area (Å²) in [7, 11) is -0.835. The molecule has 33 heavy (non-hydrogen) atoms. The number of carbonyl (C=O) groups is 2. The van der Waals surface area contributed by atoms with Gasteiger partial charge in [-0.3, -0.25) is 14.3 Å². The quantitative estimate of drug-likeness (QED) is 0.533. The number of rotatable bonds is 8. The molecule has 178 valence electrons. The summed E-state index contributed by atoms with van der Waals surface area (Å²) in [5.41, 5.74) is 2.37. The third kappa shape index (κ3) is 6.02. The SMILES string of the molecule is CCc1ccc(S(=O)(=O)Nc2cc(C(=O)N(C)CC(=O)NC)ccc2N2CCNCC2)cc1. The molecular weight excluding hydrogens is 442 g/mol. The number of likely N-dealkylation sites (N-methyl/N-ethyl adjacent to an activating group) is 2. The van der Waals surface area contributed by atoms with Crippen molar-refractivity contribution in [3.63, 3.8) is 0 Å². The standard InChI is InChI=1S/C23H31N5O4S/c1-4-17-5-8-19(9-6-17)33(31,32)26-20-15-18(23(30)27(3)16-22(29)24-2)7-10-21(20)28-13-11-25-12-14-28/h5-10,15,25-26H,4,11-14,16H2,1-3H3,(H,24,29). The average Bonchev–Trinajstić information content (AvgIpc) is 2.83. The predicted octanol–water partition coefficient (Wildman–Crippen LogP) is 1.28. The number of nitrogens with one attached hydrogen (secondary N) is 3. The van der Waals surface area contributed by atoms with Crippen LogP contribution in [0.15, 0.2) is 47.4 Å². The minimum absolute atomic E-state index is 0.0975. The number of aryl methyl sites for hydroxylation is 1. The normalized spacial score (nSPS) is 14.0. The molecule has 0 spiro atoms. The lowest BCUT2D eigenvalue weighted by Gasteiger charge is -2.31. The summed E-state index contributed by atoms with van der Waals surface area (Å²) in [6.45, 7) is 4.89. The fourth-order valence-corrected chi connectivity index (χ4v) is 4.69. The molecule has 3 rings (SSSR count). The second-order valence-corrected chi connectivity index (χ2v) is 9.59. The zero-order valence-corrected chi connectivity index (χ0v) is 20.0. The second-order valence-electron chi connectivity index (χ2n) is 7.91. The smallest absolute Gasteiger partial charge is 0.261 e. The van der Waals surface area contributed by atoms with Gasteiger partial charge < -0.3 is 20.4 Å². The van der Waals surface area contributed by atoms with E-state index in [0.29, 0.717) is 30.0 Å². The van der Waals surface area contributed by atoms with Crippen LogP contribution in [0.2, 0.25) is 0 Å². The van der Waals surface area contributed by atoms with Crippen molar-refractivity contribution in [3.8, 4) is 0 Å². The molecule has 3 N–H and O–H groups in total.